The van der Waals surface area contributed by atoms with Gasteiger partial charge in [-0.05, 0) is 12.1 Å². The second-order valence-electron chi connectivity index (χ2n) is 3.89. The lowest BCUT2D eigenvalue weighted by Crippen LogP contribution is -2.31. The third-order valence-corrected chi connectivity index (χ3v) is 3.97. The quantitative estimate of drug-likeness (QED) is 0.904. The molecule has 1 rings (SSSR count). The van der Waals surface area contributed by atoms with E-state index >= 15 is 0 Å². The second-order valence-corrected chi connectivity index (χ2v) is 6.23. The minimum Gasteiger partial charge on any atom is -0.336 e. The highest BCUT2D eigenvalue weighted by atomic mass is 35.5. The number of alkyl halides is 2. The molecular formula is C10H10Cl2F2N2O3S. The van der Waals surface area contributed by atoms with Gasteiger partial charge in [0.1, 0.15) is 4.90 Å². The second kappa shape index (κ2) is 6.21. The van der Waals surface area contributed by atoms with Gasteiger partial charge in [0.15, 0.2) is 0 Å². The molecule has 1 amide bonds. The zero-order chi connectivity index (χ0) is 15.7. The van der Waals surface area contributed by atoms with Gasteiger partial charge in [-0.3, -0.25) is 4.79 Å². The van der Waals surface area contributed by atoms with Gasteiger partial charge in [-0.25, -0.2) is 22.3 Å². The Morgan fingerprint density at radius 2 is 1.95 bits per heavy atom. The summed E-state index contributed by atoms with van der Waals surface area (Å²) in [5.74, 6) is -0.886. The van der Waals surface area contributed by atoms with Crippen molar-refractivity contribution in [2.45, 2.75) is 11.3 Å². The van der Waals surface area contributed by atoms with Gasteiger partial charge in [-0.1, -0.05) is 23.2 Å². The molecule has 1 aromatic rings. The Labute approximate surface area is 124 Å². The molecule has 20 heavy (non-hydrogen) atoms. The number of amides is 1. The van der Waals surface area contributed by atoms with Gasteiger partial charge in [0.2, 0.25) is 10.0 Å². The molecule has 0 saturated carbocycles. The summed E-state index contributed by atoms with van der Waals surface area (Å²) in [4.78, 5) is 12.1. The number of hydrogen-bond acceptors (Lipinski definition) is 3. The van der Waals surface area contributed by atoms with E-state index in [-0.39, 0.29) is 10.6 Å². The first-order valence-corrected chi connectivity index (χ1v) is 7.39. The maximum absolute atomic E-state index is 12.2. The lowest BCUT2D eigenvalue weighted by Gasteiger charge is -2.18. The standard InChI is InChI=1S/C10H10Cl2F2N2O3S/c1-16(4-8(13)14)10(17)6-2-5(11)3-7(9(6)12)20(15,18)19/h2-3,8H,4H2,1H3,(H2,15,18,19). The van der Waals surface area contributed by atoms with Gasteiger partial charge in [0, 0.05) is 12.1 Å². The van der Waals surface area contributed by atoms with Crippen molar-refractivity contribution in [1.82, 2.24) is 4.90 Å². The van der Waals surface area contributed by atoms with E-state index in [4.69, 9.17) is 28.3 Å². The molecule has 1 aromatic carbocycles. The highest BCUT2D eigenvalue weighted by molar-refractivity contribution is 7.89. The lowest BCUT2D eigenvalue weighted by atomic mass is 10.2. The van der Waals surface area contributed by atoms with Crippen LogP contribution in [0.2, 0.25) is 10.0 Å². The van der Waals surface area contributed by atoms with Gasteiger partial charge >= 0.3 is 0 Å². The maximum Gasteiger partial charge on any atom is 0.255 e. The van der Waals surface area contributed by atoms with E-state index < -0.39 is 38.8 Å². The number of carbonyl (C=O) groups is 1. The molecule has 0 atom stereocenters. The number of nitrogens with two attached hydrogens (primary N) is 1. The van der Waals surface area contributed by atoms with E-state index in [0.717, 1.165) is 19.2 Å². The highest BCUT2D eigenvalue weighted by Gasteiger charge is 2.24. The molecule has 0 fully saturated rings. The third-order valence-electron chi connectivity index (χ3n) is 2.30. The number of halogens is 4. The monoisotopic (exact) mass is 346 g/mol. The van der Waals surface area contributed by atoms with Crippen molar-refractivity contribution < 1.29 is 22.0 Å². The van der Waals surface area contributed by atoms with Crippen LogP contribution in [0.15, 0.2) is 17.0 Å². The number of nitrogens with zero attached hydrogens (tertiary/aromatic N) is 1. The summed E-state index contributed by atoms with van der Waals surface area (Å²) in [5.41, 5.74) is -0.314. The van der Waals surface area contributed by atoms with E-state index in [1.54, 1.807) is 0 Å². The molecular weight excluding hydrogens is 337 g/mol. The van der Waals surface area contributed by atoms with Gasteiger partial charge in [-0.2, -0.15) is 0 Å². The smallest absolute Gasteiger partial charge is 0.255 e. The molecule has 10 heteroatoms. The summed E-state index contributed by atoms with van der Waals surface area (Å²) in [6.45, 7) is -0.827. The normalized spacial score (nSPS) is 11.8. The van der Waals surface area contributed by atoms with Crippen molar-refractivity contribution in [3.63, 3.8) is 0 Å². The van der Waals surface area contributed by atoms with Crippen LogP contribution in [0.3, 0.4) is 0 Å². The van der Waals surface area contributed by atoms with Crippen molar-refractivity contribution in [3.8, 4) is 0 Å². The van der Waals surface area contributed by atoms with Gasteiger partial charge in [-0.15, -0.1) is 0 Å². The molecule has 5 nitrogen and oxygen atoms in total. The van der Waals surface area contributed by atoms with Crippen LogP contribution in [0, 0.1) is 0 Å². The SMILES string of the molecule is CN(CC(F)F)C(=O)c1cc(Cl)cc(S(N)(=O)=O)c1Cl. The van der Waals surface area contributed by atoms with Crippen LogP contribution < -0.4 is 5.14 Å². The average molecular weight is 347 g/mol. The molecule has 0 aliphatic carbocycles. The highest BCUT2D eigenvalue weighted by Crippen LogP contribution is 2.29. The molecule has 0 heterocycles. The van der Waals surface area contributed by atoms with Crippen LogP contribution in [0.4, 0.5) is 8.78 Å². The Balaban J connectivity index is 3.33. The van der Waals surface area contributed by atoms with Crippen LogP contribution in [-0.2, 0) is 10.0 Å². The van der Waals surface area contributed by atoms with E-state index in [9.17, 15) is 22.0 Å². The van der Waals surface area contributed by atoms with E-state index in [0.29, 0.717) is 4.90 Å². The van der Waals surface area contributed by atoms with Crippen molar-refractivity contribution in [2.24, 2.45) is 5.14 Å². The number of benzene rings is 1. The molecule has 112 valence electrons. The van der Waals surface area contributed by atoms with Gasteiger partial charge in [0.25, 0.3) is 12.3 Å². The molecule has 0 spiro atoms. The van der Waals surface area contributed by atoms with Crippen LogP contribution in [-0.4, -0.2) is 39.2 Å². The lowest BCUT2D eigenvalue weighted by molar-refractivity contribution is 0.0620. The Hall–Kier alpha value is -0.960. The summed E-state index contributed by atoms with van der Waals surface area (Å²) in [7, 11) is -3.07. The number of primary sulfonamides is 1. The fourth-order valence-corrected chi connectivity index (χ4v) is 2.87. The Kier molecular flexibility index (Phi) is 5.31. The number of sulfonamides is 1. The van der Waals surface area contributed by atoms with Gasteiger partial charge < -0.3 is 4.90 Å². The predicted octanol–water partition coefficient (Wildman–Crippen LogP) is 1.98. The first kappa shape index (κ1) is 17.1. The summed E-state index contributed by atoms with van der Waals surface area (Å²) in [6, 6.07) is 2.06. The summed E-state index contributed by atoms with van der Waals surface area (Å²) < 4.78 is 47.1. The zero-order valence-electron chi connectivity index (χ0n) is 10.1. The minimum absolute atomic E-state index is 0.104. The van der Waals surface area contributed by atoms with Crippen LogP contribution in [0.25, 0.3) is 0 Å². The van der Waals surface area contributed by atoms with Crippen LogP contribution in [0.5, 0.6) is 0 Å². The van der Waals surface area contributed by atoms with E-state index in [2.05, 4.69) is 0 Å². The van der Waals surface area contributed by atoms with Crippen molar-refractivity contribution in [3.05, 3.63) is 27.7 Å². The van der Waals surface area contributed by atoms with Crippen molar-refractivity contribution in [2.75, 3.05) is 13.6 Å². The average Bonchev–Trinajstić information content (AvgIpc) is 2.28. The molecule has 0 aliphatic rings. The van der Waals surface area contributed by atoms with Crippen LogP contribution >= 0.6 is 23.2 Å². The number of carbonyl (C=O) groups excluding carboxylic acids is 1. The molecule has 0 aromatic heterocycles. The molecule has 0 bridgehead atoms. The summed E-state index contributed by atoms with van der Waals surface area (Å²) in [6.07, 6.45) is -2.74. The number of hydrogen-bond donors (Lipinski definition) is 1. The Bertz CT molecular complexity index is 638. The van der Waals surface area contributed by atoms with E-state index in [1.807, 2.05) is 0 Å². The fourth-order valence-electron chi connectivity index (χ4n) is 1.42. The topological polar surface area (TPSA) is 80.5 Å². The third kappa shape index (κ3) is 4.02. The van der Waals surface area contributed by atoms with Crippen molar-refractivity contribution >= 4 is 39.1 Å². The Morgan fingerprint density at radius 1 is 1.40 bits per heavy atom. The number of rotatable bonds is 4. The molecule has 0 saturated heterocycles. The van der Waals surface area contributed by atoms with Gasteiger partial charge in [0.05, 0.1) is 17.1 Å². The summed E-state index contributed by atoms with van der Waals surface area (Å²) >= 11 is 11.5. The predicted molar refractivity (Wildman–Crippen MR) is 70.8 cm³/mol. The molecule has 0 aliphatic heterocycles. The summed E-state index contributed by atoms with van der Waals surface area (Å²) in [5, 5.41) is 4.38. The molecule has 2 N–H and O–H groups in total. The van der Waals surface area contributed by atoms with E-state index in [1.165, 1.54) is 0 Å². The largest absolute Gasteiger partial charge is 0.336 e. The van der Waals surface area contributed by atoms with Crippen molar-refractivity contribution in [1.29, 1.82) is 0 Å². The zero-order valence-corrected chi connectivity index (χ0v) is 12.4. The molecule has 0 radical (unpaired) electrons. The maximum atomic E-state index is 12.2. The fraction of sp³-hybridized carbons (Fsp3) is 0.300. The first-order valence-electron chi connectivity index (χ1n) is 5.09. The minimum atomic E-state index is -4.20. The Morgan fingerprint density at radius 3 is 2.40 bits per heavy atom. The van der Waals surface area contributed by atoms with Crippen LogP contribution in [0.1, 0.15) is 10.4 Å². The first-order chi connectivity index (χ1) is 9.04. The molecule has 0 unspecified atom stereocenters.